The number of amides is 1. The number of aliphatic hydroxyl groups is 1. The van der Waals surface area contributed by atoms with E-state index in [1.54, 1.807) is 13.8 Å². The van der Waals surface area contributed by atoms with Crippen LogP contribution in [0, 0.1) is 6.92 Å². The second-order valence-corrected chi connectivity index (χ2v) is 5.81. The second kappa shape index (κ2) is 5.60. The summed E-state index contributed by atoms with van der Waals surface area (Å²) in [6.07, 6.45) is 0. The molecule has 20 heavy (non-hydrogen) atoms. The molecule has 1 aromatic carbocycles. The smallest absolute Gasteiger partial charge is 0.264 e. The van der Waals surface area contributed by atoms with Crippen molar-refractivity contribution in [1.29, 1.82) is 0 Å². The largest absolute Gasteiger partial charge is 0.394 e. The summed E-state index contributed by atoms with van der Waals surface area (Å²) in [6.45, 7) is 3.32. The van der Waals surface area contributed by atoms with E-state index in [0.29, 0.717) is 15.7 Å². The minimum Gasteiger partial charge on any atom is -0.394 e. The molecular weight excluding hydrogens is 274 g/mol. The summed E-state index contributed by atoms with van der Waals surface area (Å²) >= 11 is 1.14. The summed E-state index contributed by atoms with van der Waals surface area (Å²) in [6, 6.07) is 9.35. The second-order valence-electron chi connectivity index (χ2n) is 4.78. The predicted octanol–water partition coefficient (Wildman–Crippen LogP) is 1.67. The van der Waals surface area contributed by atoms with Crippen LogP contribution in [0.5, 0.6) is 0 Å². The van der Waals surface area contributed by atoms with Crippen LogP contribution in [-0.4, -0.2) is 22.6 Å². The minimum absolute atomic E-state index is 0.198. The summed E-state index contributed by atoms with van der Waals surface area (Å²) < 4.78 is 0. The number of hydrogen-bond donors (Lipinski definition) is 3. The van der Waals surface area contributed by atoms with E-state index >= 15 is 0 Å². The van der Waals surface area contributed by atoms with Gasteiger partial charge in [-0.3, -0.25) is 4.79 Å². The van der Waals surface area contributed by atoms with Crippen molar-refractivity contribution < 1.29 is 9.90 Å². The van der Waals surface area contributed by atoms with E-state index in [-0.39, 0.29) is 12.5 Å². The van der Waals surface area contributed by atoms with Gasteiger partial charge in [0.2, 0.25) is 0 Å². The number of benzene rings is 1. The van der Waals surface area contributed by atoms with Crippen molar-refractivity contribution >= 4 is 22.4 Å². The van der Waals surface area contributed by atoms with Gasteiger partial charge in [-0.05, 0) is 19.4 Å². The van der Waals surface area contributed by atoms with Gasteiger partial charge in [-0.2, -0.15) is 0 Å². The lowest BCUT2D eigenvalue weighted by Crippen LogP contribution is -2.46. The number of aliphatic hydroxyl groups excluding tert-OH is 1. The third kappa shape index (κ3) is 2.81. The highest BCUT2D eigenvalue weighted by atomic mass is 32.1. The van der Waals surface area contributed by atoms with Crippen LogP contribution >= 0.6 is 11.3 Å². The molecule has 0 fully saturated rings. The number of nitrogens with one attached hydrogen (secondary N) is 1. The van der Waals surface area contributed by atoms with Gasteiger partial charge in [0, 0.05) is 0 Å². The quantitative estimate of drug-likeness (QED) is 0.799. The molecule has 0 spiro atoms. The monoisotopic (exact) mass is 291 g/mol. The van der Waals surface area contributed by atoms with Crippen molar-refractivity contribution in [2.45, 2.75) is 19.4 Å². The Bertz CT molecular complexity index is 612. The molecule has 6 heteroatoms. The van der Waals surface area contributed by atoms with Crippen LogP contribution in [0.2, 0.25) is 0 Å². The number of rotatable bonds is 4. The predicted molar refractivity (Wildman–Crippen MR) is 79.6 cm³/mol. The third-order valence-electron chi connectivity index (χ3n) is 3.14. The number of hydrogen-bond acceptors (Lipinski definition) is 5. The maximum Gasteiger partial charge on any atom is 0.264 e. The first-order valence-corrected chi connectivity index (χ1v) is 7.00. The standard InChI is InChI=1S/C14H17N3O2S/c1-9-11(20-13(15)16-9)12(19)17-14(2,8-18)10-6-4-3-5-7-10/h3-7,18H,8H2,1-2H3,(H2,15,16)(H,17,19). The molecule has 2 aromatic rings. The molecule has 2 rings (SSSR count). The topological polar surface area (TPSA) is 88.2 Å². The van der Waals surface area contributed by atoms with Crippen molar-refractivity contribution in [3.63, 3.8) is 0 Å². The Morgan fingerprint density at radius 3 is 2.60 bits per heavy atom. The Morgan fingerprint density at radius 1 is 1.45 bits per heavy atom. The van der Waals surface area contributed by atoms with E-state index in [9.17, 15) is 9.90 Å². The van der Waals surface area contributed by atoms with E-state index < -0.39 is 5.54 Å². The number of carbonyl (C=O) groups excluding carboxylic acids is 1. The summed E-state index contributed by atoms with van der Waals surface area (Å²) in [5, 5.41) is 12.9. The summed E-state index contributed by atoms with van der Waals surface area (Å²) in [4.78, 5) is 16.8. The molecular formula is C14H17N3O2S. The lowest BCUT2D eigenvalue weighted by Gasteiger charge is -2.29. The van der Waals surface area contributed by atoms with Crippen LogP contribution < -0.4 is 11.1 Å². The average molecular weight is 291 g/mol. The van der Waals surface area contributed by atoms with E-state index in [0.717, 1.165) is 16.9 Å². The molecule has 106 valence electrons. The lowest BCUT2D eigenvalue weighted by atomic mass is 9.93. The van der Waals surface area contributed by atoms with Gasteiger partial charge in [0.25, 0.3) is 5.91 Å². The molecule has 0 aliphatic heterocycles. The van der Waals surface area contributed by atoms with Crippen molar-refractivity contribution in [2.24, 2.45) is 0 Å². The zero-order chi connectivity index (χ0) is 14.8. The first-order valence-electron chi connectivity index (χ1n) is 6.18. The Balaban J connectivity index is 2.26. The molecule has 0 saturated heterocycles. The highest BCUT2D eigenvalue weighted by Gasteiger charge is 2.29. The molecule has 0 aliphatic rings. The first kappa shape index (κ1) is 14.5. The van der Waals surface area contributed by atoms with Gasteiger partial charge in [-0.25, -0.2) is 4.98 Å². The third-order valence-corrected chi connectivity index (χ3v) is 4.12. The molecule has 0 saturated carbocycles. The molecule has 0 radical (unpaired) electrons. The van der Waals surface area contributed by atoms with E-state index in [1.165, 1.54) is 0 Å². The van der Waals surface area contributed by atoms with Gasteiger partial charge in [-0.15, -0.1) is 0 Å². The molecule has 1 atom stereocenters. The van der Waals surface area contributed by atoms with E-state index in [4.69, 9.17) is 5.73 Å². The van der Waals surface area contributed by atoms with Crippen molar-refractivity contribution in [1.82, 2.24) is 10.3 Å². The fraction of sp³-hybridized carbons (Fsp3) is 0.286. The van der Waals surface area contributed by atoms with E-state index in [1.807, 2.05) is 30.3 Å². The zero-order valence-corrected chi connectivity index (χ0v) is 12.2. The van der Waals surface area contributed by atoms with Crippen LogP contribution in [0.15, 0.2) is 30.3 Å². The normalized spacial score (nSPS) is 13.8. The minimum atomic E-state index is -0.844. The molecule has 5 nitrogen and oxygen atoms in total. The summed E-state index contributed by atoms with van der Waals surface area (Å²) in [5.74, 6) is -0.280. The molecule has 1 unspecified atom stereocenters. The van der Waals surface area contributed by atoms with Gasteiger partial charge < -0.3 is 16.2 Å². The molecule has 1 aromatic heterocycles. The zero-order valence-electron chi connectivity index (χ0n) is 11.4. The number of nitrogen functional groups attached to an aromatic ring is 1. The number of aromatic nitrogens is 1. The summed E-state index contributed by atoms with van der Waals surface area (Å²) in [7, 11) is 0. The van der Waals surface area contributed by atoms with Gasteiger partial charge in [0.05, 0.1) is 17.8 Å². The van der Waals surface area contributed by atoms with Gasteiger partial charge in [0.1, 0.15) is 4.88 Å². The fourth-order valence-corrected chi connectivity index (χ4v) is 2.67. The molecule has 0 aliphatic carbocycles. The Hall–Kier alpha value is -1.92. The molecule has 4 N–H and O–H groups in total. The Kier molecular flexibility index (Phi) is 4.06. The van der Waals surface area contributed by atoms with Crippen LogP contribution in [0.1, 0.15) is 27.9 Å². The van der Waals surface area contributed by atoms with Crippen molar-refractivity contribution in [2.75, 3.05) is 12.3 Å². The molecule has 1 amide bonds. The van der Waals surface area contributed by atoms with E-state index in [2.05, 4.69) is 10.3 Å². The first-order chi connectivity index (χ1) is 9.46. The van der Waals surface area contributed by atoms with Gasteiger partial charge >= 0.3 is 0 Å². The van der Waals surface area contributed by atoms with Crippen molar-refractivity contribution in [3.05, 3.63) is 46.5 Å². The highest BCUT2D eigenvalue weighted by Crippen LogP contribution is 2.24. The summed E-state index contributed by atoms with van der Waals surface area (Å²) in [5.41, 5.74) is 6.19. The van der Waals surface area contributed by atoms with Crippen LogP contribution in [-0.2, 0) is 5.54 Å². The number of thiazole rings is 1. The van der Waals surface area contributed by atoms with Gasteiger partial charge in [0.15, 0.2) is 5.13 Å². The molecule has 0 bridgehead atoms. The maximum absolute atomic E-state index is 12.3. The lowest BCUT2D eigenvalue weighted by molar-refractivity contribution is 0.0853. The SMILES string of the molecule is Cc1nc(N)sc1C(=O)NC(C)(CO)c1ccccc1. The number of anilines is 1. The fourth-order valence-electron chi connectivity index (χ4n) is 1.94. The van der Waals surface area contributed by atoms with Crippen LogP contribution in [0.3, 0.4) is 0 Å². The number of carbonyl (C=O) groups is 1. The van der Waals surface area contributed by atoms with Gasteiger partial charge in [-0.1, -0.05) is 41.7 Å². The van der Waals surface area contributed by atoms with Crippen molar-refractivity contribution in [3.8, 4) is 0 Å². The number of nitrogens with two attached hydrogens (primary N) is 1. The highest BCUT2D eigenvalue weighted by molar-refractivity contribution is 7.17. The van der Waals surface area contributed by atoms with Crippen LogP contribution in [0.4, 0.5) is 5.13 Å². The Morgan fingerprint density at radius 2 is 2.10 bits per heavy atom. The van der Waals surface area contributed by atoms with Crippen LogP contribution in [0.25, 0.3) is 0 Å². The maximum atomic E-state index is 12.3. The average Bonchev–Trinajstić information content (AvgIpc) is 2.78. The Labute approximate surface area is 121 Å². The number of nitrogens with zero attached hydrogens (tertiary/aromatic N) is 1. The number of aryl methyl sites for hydroxylation is 1. The molecule has 1 heterocycles.